The van der Waals surface area contributed by atoms with Crippen LogP contribution in [0.3, 0.4) is 0 Å². The van der Waals surface area contributed by atoms with Crippen LogP contribution in [0, 0.1) is 0 Å². The standard InChI is InChI=1S/C19H18O3/c1-2-9-20-15-6-3-13-4-7-16(17(13)11-15)14-5-8-18-19(10-14)22-12-21-18/h3-8,10-11,16H,2,9,12H2,1H3. The number of benzene rings is 2. The summed E-state index contributed by atoms with van der Waals surface area (Å²) in [6.45, 7) is 3.18. The molecule has 2 aromatic rings. The fourth-order valence-electron chi connectivity index (χ4n) is 2.98. The van der Waals surface area contributed by atoms with Crippen LogP contribution in [-0.4, -0.2) is 13.4 Å². The first-order chi connectivity index (χ1) is 10.8. The van der Waals surface area contributed by atoms with Gasteiger partial charge in [-0.2, -0.15) is 0 Å². The Morgan fingerprint density at radius 2 is 2.00 bits per heavy atom. The van der Waals surface area contributed by atoms with Crippen LogP contribution >= 0.6 is 0 Å². The topological polar surface area (TPSA) is 27.7 Å². The van der Waals surface area contributed by atoms with Gasteiger partial charge < -0.3 is 14.2 Å². The minimum atomic E-state index is 0.245. The van der Waals surface area contributed by atoms with E-state index in [4.69, 9.17) is 14.2 Å². The summed E-state index contributed by atoms with van der Waals surface area (Å²) in [6.07, 6.45) is 5.42. The quantitative estimate of drug-likeness (QED) is 0.838. The Bertz CT molecular complexity index is 733. The maximum Gasteiger partial charge on any atom is 0.231 e. The van der Waals surface area contributed by atoms with Gasteiger partial charge in [0.15, 0.2) is 11.5 Å². The molecule has 0 saturated carbocycles. The molecule has 1 aliphatic heterocycles. The average molecular weight is 294 g/mol. The Balaban J connectivity index is 1.67. The monoisotopic (exact) mass is 294 g/mol. The third-order valence-corrected chi connectivity index (χ3v) is 4.09. The van der Waals surface area contributed by atoms with Crippen molar-refractivity contribution >= 4 is 6.08 Å². The molecule has 0 bridgehead atoms. The number of ether oxygens (including phenoxy) is 3. The summed E-state index contributed by atoms with van der Waals surface area (Å²) in [5.74, 6) is 2.84. The summed E-state index contributed by atoms with van der Waals surface area (Å²) in [5.41, 5.74) is 3.76. The van der Waals surface area contributed by atoms with E-state index < -0.39 is 0 Å². The molecule has 0 amide bonds. The Labute approximate surface area is 130 Å². The first kappa shape index (κ1) is 13.3. The Hall–Kier alpha value is -2.42. The van der Waals surface area contributed by atoms with E-state index in [1.54, 1.807) is 0 Å². The summed E-state index contributed by atoms with van der Waals surface area (Å²) in [5, 5.41) is 0. The fourth-order valence-corrected chi connectivity index (χ4v) is 2.98. The van der Waals surface area contributed by atoms with Crippen LogP contribution < -0.4 is 14.2 Å². The van der Waals surface area contributed by atoms with Gasteiger partial charge in [-0.05, 0) is 47.4 Å². The predicted octanol–water partition coefficient (Wildman–Crippen LogP) is 4.36. The van der Waals surface area contributed by atoms with E-state index in [1.165, 1.54) is 16.7 Å². The van der Waals surface area contributed by atoms with E-state index in [2.05, 4.69) is 43.3 Å². The molecule has 4 rings (SSSR count). The molecule has 0 aromatic heterocycles. The van der Waals surface area contributed by atoms with Crippen LogP contribution in [0.5, 0.6) is 17.2 Å². The Kier molecular flexibility index (Phi) is 3.26. The van der Waals surface area contributed by atoms with Gasteiger partial charge in [0, 0.05) is 5.92 Å². The summed E-state index contributed by atoms with van der Waals surface area (Å²) in [7, 11) is 0. The second kappa shape index (κ2) is 5.41. The first-order valence-electron chi connectivity index (χ1n) is 7.69. The van der Waals surface area contributed by atoms with Crippen molar-refractivity contribution in [3.8, 4) is 17.2 Å². The highest BCUT2D eigenvalue weighted by atomic mass is 16.7. The van der Waals surface area contributed by atoms with Gasteiger partial charge in [-0.15, -0.1) is 0 Å². The van der Waals surface area contributed by atoms with Crippen molar-refractivity contribution < 1.29 is 14.2 Å². The van der Waals surface area contributed by atoms with Crippen molar-refractivity contribution in [2.75, 3.05) is 13.4 Å². The first-order valence-corrected chi connectivity index (χ1v) is 7.69. The highest BCUT2D eigenvalue weighted by Gasteiger charge is 2.22. The van der Waals surface area contributed by atoms with Crippen LogP contribution in [0.2, 0.25) is 0 Å². The second-order valence-corrected chi connectivity index (χ2v) is 5.59. The van der Waals surface area contributed by atoms with Gasteiger partial charge in [0.2, 0.25) is 6.79 Å². The van der Waals surface area contributed by atoms with Gasteiger partial charge in [0.1, 0.15) is 5.75 Å². The molecule has 0 N–H and O–H groups in total. The summed E-state index contributed by atoms with van der Waals surface area (Å²) < 4.78 is 16.6. The molecule has 1 unspecified atom stereocenters. The molecule has 0 radical (unpaired) electrons. The fraction of sp³-hybridized carbons (Fsp3) is 0.263. The highest BCUT2D eigenvalue weighted by Crippen LogP contribution is 2.41. The smallest absolute Gasteiger partial charge is 0.231 e. The predicted molar refractivity (Wildman–Crippen MR) is 85.7 cm³/mol. The van der Waals surface area contributed by atoms with E-state index in [0.29, 0.717) is 6.79 Å². The SMILES string of the molecule is CCCOc1ccc2c(c1)C(c1ccc3c(c1)OCO3)C=C2. The van der Waals surface area contributed by atoms with E-state index in [-0.39, 0.29) is 5.92 Å². The third kappa shape index (κ3) is 2.23. The molecule has 1 atom stereocenters. The summed E-state index contributed by atoms with van der Waals surface area (Å²) in [6, 6.07) is 12.5. The maximum atomic E-state index is 5.77. The average Bonchev–Trinajstić information content (AvgIpc) is 3.18. The maximum absolute atomic E-state index is 5.77. The molecular weight excluding hydrogens is 276 g/mol. The third-order valence-electron chi connectivity index (χ3n) is 4.09. The Morgan fingerprint density at radius 1 is 1.09 bits per heavy atom. The molecule has 1 aliphatic carbocycles. The Morgan fingerprint density at radius 3 is 2.91 bits per heavy atom. The molecule has 0 spiro atoms. The molecule has 0 fully saturated rings. The van der Waals surface area contributed by atoms with Crippen LogP contribution in [0.1, 0.15) is 36.0 Å². The largest absolute Gasteiger partial charge is 0.494 e. The minimum Gasteiger partial charge on any atom is -0.494 e. The van der Waals surface area contributed by atoms with Crippen LogP contribution in [-0.2, 0) is 0 Å². The zero-order valence-corrected chi connectivity index (χ0v) is 12.5. The molecule has 22 heavy (non-hydrogen) atoms. The lowest BCUT2D eigenvalue weighted by atomic mass is 9.92. The molecule has 2 aromatic carbocycles. The van der Waals surface area contributed by atoms with Crippen molar-refractivity contribution in [2.45, 2.75) is 19.3 Å². The number of allylic oxidation sites excluding steroid dienone is 1. The molecule has 3 heteroatoms. The molecular formula is C19H18O3. The van der Waals surface area contributed by atoms with Crippen LogP contribution in [0.4, 0.5) is 0 Å². The van der Waals surface area contributed by atoms with Gasteiger partial charge in [0.05, 0.1) is 6.61 Å². The number of rotatable bonds is 4. The lowest BCUT2D eigenvalue weighted by Gasteiger charge is -2.14. The lowest BCUT2D eigenvalue weighted by Crippen LogP contribution is -1.99. The normalized spacial score (nSPS) is 17.6. The highest BCUT2D eigenvalue weighted by molar-refractivity contribution is 5.67. The van der Waals surface area contributed by atoms with Crippen molar-refractivity contribution in [1.29, 1.82) is 0 Å². The summed E-state index contributed by atoms with van der Waals surface area (Å²) in [4.78, 5) is 0. The van der Waals surface area contributed by atoms with E-state index >= 15 is 0 Å². The zero-order chi connectivity index (χ0) is 14.9. The lowest BCUT2D eigenvalue weighted by molar-refractivity contribution is 0.174. The number of fused-ring (bicyclic) bond motifs is 2. The molecule has 3 nitrogen and oxygen atoms in total. The van der Waals surface area contributed by atoms with Crippen LogP contribution in [0.15, 0.2) is 42.5 Å². The molecule has 0 saturated heterocycles. The molecule has 112 valence electrons. The zero-order valence-electron chi connectivity index (χ0n) is 12.5. The van der Waals surface area contributed by atoms with E-state index in [1.807, 2.05) is 12.1 Å². The van der Waals surface area contributed by atoms with Crippen molar-refractivity contribution in [3.05, 3.63) is 59.2 Å². The van der Waals surface area contributed by atoms with Gasteiger partial charge in [0.25, 0.3) is 0 Å². The van der Waals surface area contributed by atoms with Gasteiger partial charge in [-0.1, -0.05) is 31.2 Å². The second-order valence-electron chi connectivity index (χ2n) is 5.59. The number of hydrogen-bond acceptors (Lipinski definition) is 3. The van der Waals surface area contributed by atoms with E-state index in [9.17, 15) is 0 Å². The van der Waals surface area contributed by atoms with Crippen molar-refractivity contribution in [1.82, 2.24) is 0 Å². The summed E-state index contributed by atoms with van der Waals surface area (Å²) >= 11 is 0. The van der Waals surface area contributed by atoms with Crippen LogP contribution in [0.25, 0.3) is 6.08 Å². The van der Waals surface area contributed by atoms with Gasteiger partial charge in [-0.25, -0.2) is 0 Å². The van der Waals surface area contributed by atoms with E-state index in [0.717, 1.165) is 30.3 Å². The minimum absolute atomic E-state index is 0.245. The van der Waals surface area contributed by atoms with Gasteiger partial charge >= 0.3 is 0 Å². The van der Waals surface area contributed by atoms with Gasteiger partial charge in [-0.3, -0.25) is 0 Å². The van der Waals surface area contributed by atoms with Crippen molar-refractivity contribution in [2.24, 2.45) is 0 Å². The number of hydrogen-bond donors (Lipinski definition) is 0. The van der Waals surface area contributed by atoms with Crippen molar-refractivity contribution in [3.63, 3.8) is 0 Å². The molecule has 1 heterocycles. The molecule has 2 aliphatic rings.